The van der Waals surface area contributed by atoms with E-state index in [1.54, 1.807) is 14.2 Å². The van der Waals surface area contributed by atoms with Gasteiger partial charge in [0, 0.05) is 44.0 Å². The van der Waals surface area contributed by atoms with E-state index in [9.17, 15) is 4.79 Å². The van der Waals surface area contributed by atoms with Crippen LogP contribution in [0.2, 0.25) is 0 Å². The molecule has 2 heterocycles. The number of carbonyl (C=O) groups is 1. The Labute approximate surface area is 196 Å². The zero-order chi connectivity index (χ0) is 23.4. The molecule has 0 aliphatic carbocycles. The summed E-state index contributed by atoms with van der Waals surface area (Å²) >= 11 is 0. The minimum Gasteiger partial charge on any atom is -0.497 e. The summed E-state index contributed by atoms with van der Waals surface area (Å²) in [6.07, 6.45) is 6.22. The fourth-order valence-electron chi connectivity index (χ4n) is 4.81. The Hall–Kier alpha value is -3.28. The zero-order valence-corrected chi connectivity index (χ0v) is 20.0. The number of aryl methyl sites for hydroxylation is 2. The molecule has 0 radical (unpaired) electrons. The van der Waals surface area contributed by atoms with Crippen molar-refractivity contribution in [3.05, 3.63) is 76.9 Å². The first-order chi connectivity index (χ1) is 15.9. The number of rotatable bonds is 7. The topological polar surface area (TPSA) is 56.6 Å². The van der Waals surface area contributed by atoms with Crippen molar-refractivity contribution in [1.82, 2.24) is 14.5 Å². The number of amides is 1. The van der Waals surface area contributed by atoms with Crippen LogP contribution in [0.1, 0.15) is 46.8 Å². The van der Waals surface area contributed by atoms with Crippen molar-refractivity contribution >= 4 is 5.91 Å². The minimum atomic E-state index is 0.213. The Balaban J connectivity index is 1.39. The van der Waals surface area contributed by atoms with E-state index >= 15 is 0 Å². The molecule has 1 aliphatic heterocycles. The highest BCUT2D eigenvalue weighted by Gasteiger charge is 2.26. The van der Waals surface area contributed by atoms with Crippen LogP contribution in [-0.2, 0) is 17.8 Å². The van der Waals surface area contributed by atoms with Crippen molar-refractivity contribution in [2.24, 2.45) is 0 Å². The lowest BCUT2D eigenvalue weighted by Crippen LogP contribution is -2.39. The number of benzene rings is 2. The number of carbonyl (C=O) groups excluding carboxylic acids is 1. The largest absolute Gasteiger partial charge is 0.497 e. The summed E-state index contributed by atoms with van der Waals surface area (Å²) in [5.74, 6) is 3.20. The zero-order valence-electron chi connectivity index (χ0n) is 20.0. The summed E-state index contributed by atoms with van der Waals surface area (Å²) in [7, 11) is 3.33. The lowest BCUT2D eigenvalue weighted by molar-refractivity contribution is -0.131. The minimum absolute atomic E-state index is 0.213. The summed E-state index contributed by atoms with van der Waals surface area (Å²) in [5, 5.41) is 0. The number of hydrogen-bond acceptors (Lipinski definition) is 4. The molecular weight excluding hydrogens is 414 g/mol. The molecule has 0 unspecified atom stereocenters. The van der Waals surface area contributed by atoms with E-state index in [1.165, 1.54) is 11.1 Å². The predicted molar refractivity (Wildman–Crippen MR) is 129 cm³/mol. The molecule has 1 aliphatic rings. The van der Waals surface area contributed by atoms with Crippen LogP contribution in [0.25, 0.3) is 0 Å². The van der Waals surface area contributed by atoms with Crippen molar-refractivity contribution in [1.29, 1.82) is 0 Å². The van der Waals surface area contributed by atoms with Crippen LogP contribution in [0.15, 0.2) is 48.8 Å². The van der Waals surface area contributed by atoms with Gasteiger partial charge in [-0.2, -0.15) is 0 Å². The van der Waals surface area contributed by atoms with Crippen molar-refractivity contribution in [3.8, 4) is 11.5 Å². The molecule has 0 spiro atoms. The second-order valence-corrected chi connectivity index (χ2v) is 8.96. The van der Waals surface area contributed by atoms with Crippen molar-refractivity contribution in [2.45, 2.75) is 45.6 Å². The van der Waals surface area contributed by atoms with Gasteiger partial charge in [0.15, 0.2) is 0 Å². The molecule has 4 rings (SSSR count). The molecule has 1 saturated heterocycles. The van der Waals surface area contributed by atoms with Crippen LogP contribution in [0.3, 0.4) is 0 Å². The molecule has 33 heavy (non-hydrogen) atoms. The van der Waals surface area contributed by atoms with Gasteiger partial charge in [-0.1, -0.05) is 29.3 Å². The van der Waals surface area contributed by atoms with Crippen LogP contribution < -0.4 is 9.47 Å². The Morgan fingerprint density at radius 2 is 1.58 bits per heavy atom. The number of methoxy groups -OCH3 is 2. The molecule has 1 amide bonds. The van der Waals surface area contributed by atoms with Gasteiger partial charge in [-0.25, -0.2) is 4.98 Å². The van der Waals surface area contributed by atoms with Crippen LogP contribution in [0.5, 0.6) is 11.5 Å². The normalized spacial score (nSPS) is 14.4. The SMILES string of the molecule is COc1cc(Cn2ccnc2C2CCN(C(=O)Cc3cc(C)cc(C)c3)CC2)cc(OC)c1. The molecule has 2 aromatic carbocycles. The van der Waals surface area contributed by atoms with E-state index < -0.39 is 0 Å². The van der Waals surface area contributed by atoms with Crippen LogP contribution in [-0.4, -0.2) is 47.7 Å². The van der Waals surface area contributed by atoms with Crippen LogP contribution >= 0.6 is 0 Å². The third-order valence-electron chi connectivity index (χ3n) is 6.36. The van der Waals surface area contributed by atoms with Crippen LogP contribution in [0.4, 0.5) is 0 Å². The Morgan fingerprint density at radius 1 is 0.939 bits per heavy atom. The fourth-order valence-corrected chi connectivity index (χ4v) is 4.81. The summed E-state index contributed by atoms with van der Waals surface area (Å²) in [4.78, 5) is 19.6. The van der Waals surface area contributed by atoms with Gasteiger partial charge in [0.1, 0.15) is 17.3 Å². The number of piperidine rings is 1. The molecule has 0 saturated carbocycles. The van der Waals surface area contributed by atoms with Crippen molar-refractivity contribution < 1.29 is 14.3 Å². The van der Waals surface area contributed by atoms with E-state index in [0.717, 1.165) is 54.4 Å². The average molecular weight is 448 g/mol. The molecule has 0 atom stereocenters. The second-order valence-electron chi connectivity index (χ2n) is 8.96. The number of nitrogens with zero attached hydrogens (tertiary/aromatic N) is 3. The molecule has 0 bridgehead atoms. The van der Waals surface area contributed by atoms with Gasteiger partial charge in [-0.05, 0) is 49.9 Å². The van der Waals surface area contributed by atoms with Gasteiger partial charge in [0.05, 0.1) is 20.6 Å². The summed E-state index contributed by atoms with van der Waals surface area (Å²) in [6.45, 7) is 6.41. The first-order valence-corrected chi connectivity index (χ1v) is 11.5. The molecule has 0 N–H and O–H groups in total. The molecule has 6 nitrogen and oxygen atoms in total. The van der Waals surface area contributed by atoms with Gasteiger partial charge in [-0.15, -0.1) is 0 Å². The van der Waals surface area contributed by atoms with Gasteiger partial charge in [-0.3, -0.25) is 4.79 Å². The average Bonchev–Trinajstić information content (AvgIpc) is 3.26. The number of imidazole rings is 1. The van der Waals surface area contributed by atoms with E-state index in [4.69, 9.17) is 9.47 Å². The highest BCUT2D eigenvalue weighted by Crippen LogP contribution is 2.29. The Bertz CT molecular complexity index is 1070. The highest BCUT2D eigenvalue weighted by molar-refractivity contribution is 5.79. The van der Waals surface area contributed by atoms with Gasteiger partial charge in [0.25, 0.3) is 0 Å². The maximum absolute atomic E-state index is 12.9. The lowest BCUT2D eigenvalue weighted by Gasteiger charge is -2.32. The monoisotopic (exact) mass is 447 g/mol. The van der Waals surface area contributed by atoms with Crippen molar-refractivity contribution in [3.63, 3.8) is 0 Å². The van der Waals surface area contributed by atoms with E-state index in [-0.39, 0.29) is 5.91 Å². The maximum atomic E-state index is 12.9. The summed E-state index contributed by atoms with van der Waals surface area (Å²) < 4.78 is 13.0. The van der Waals surface area contributed by atoms with E-state index in [0.29, 0.717) is 18.9 Å². The number of hydrogen-bond donors (Lipinski definition) is 0. The molecule has 174 valence electrons. The predicted octanol–water partition coefficient (Wildman–Crippen LogP) is 4.51. The molecule has 1 fully saturated rings. The number of aromatic nitrogens is 2. The second kappa shape index (κ2) is 10.1. The number of ether oxygens (including phenoxy) is 2. The fraction of sp³-hybridized carbons (Fsp3) is 0.407. The highest BCUT2D eigenvalue weighted by atomic mass is 16.5. The van der Waals surface area contributed by atoms with E-state index in [2.05, 4.69) is 41.6 Å². The van der Waals surface area contributed by atoms with Crippen molar-refractivity contribution in [2.75, 3.05) is 27.3 Å². The molecule has 1 aromatic heterocycles. The Morgan fingerprint density at radius 3 is 2.18 bits per heavy atom. The maximum Gasteiger partial charge on any atom is 0.226 e. The summed E-state index contributed by atoms with van der Waals surface area (Å²) in [5.41, 5.74) is 4.62. The smallest absolute Gasteiger partial charge is 0.226 e. The first-order valence-electron chi connectivity index (χ1n) is 11.5. The van der Waals surface area contributed by atoms with Gasteiger partial charge < -0.3 is 18.9 Å². The molecule has 3 aromatic rings. The van der Waals surface area contributed by atoms with Gasteiger partial charge >= 0.3 is 0 Å². The summed E-state index contributed by atoms with van der Waals surface area (Å²) in [6, 6.07) is 12.3. The quantitative estimate of drug-likeness (QED) is 0.535. The Kier molecular flexibility index (Phi) is 7.02. The molecule has 6 heteroatoms. The lowest BCUT2D eigenvalue weighted by atomic mass is 9.95. The number of likely N-dealkylation sites (tertiary alicyclic amines) is 1. The third-order valence-corrected chi connectivity index (χ3v) is 6.36. The third kappa shape index (κ3) is 5.56. The molecular formula is C27H33N3O3. The van der Waals surface area contributed by atoms with E-state index in [1.807, 2.05) is 35.5 Å². The van der Waals surface area contributed by atoms with Gasteiger partial charge in [0.2, 0.25) is 5.91 Å². The van der Waals surface area contributed by atoms with Crippen LogP contribution in [0, 0.1) is 13.8 Å². The first kappa shape index (κ1) is 22.9. The standard InChI is InChI=1S/C27H33N3O3/c1-19-11-20(2)13-21(12-19)16-26(31)29-8-5-23(6-9-29)27-28-7-10-30(27)18-22-14-24(32-3)17-25(15-22)33-4/h7,10-15,17,23H,5-6,8-9,16,18H2,1-4H3.